The van der Waals surface area contributed by atoms with Crippen LogP contribution in [-0.4, -0.2) is 156 Å². The lowest BCUT2D eigenvalue weighted by Crippen LogP contribution is -2.71. The van der Waals surface area contributed by atoms with Crippen LogP contribution in [0.1, 0.15) is 6.92 Å². The van der Waals surface area contributed by atoms with E-state index in [1.165, 1.54) is 6.92 Å². The molecule has 0 radical (unpaired) electrons. The topological polar surface area (TPSA) is 274 Å². The summed E-state index contributed by atoms with van der Waals surface area (Å²) in [6.45, 7) is -0.260. The van der Waals surface area contributed by atoms with Gasteiger partial charge in [-0.05, 0) is 6.92 Å². The Labute approximate surface area is 193 Å². The van der Waals surface area contributed by atoms with Gasteiger partial charge in [0.1, 0.15) is 67.1 Å². The van der Waals surface area contributed by atoms with E-state index in [4.69, 9.17) is 29.4 Å². The molecule has 0 bridgehead atoms. The van der Waals surface area contributed by atoms with Gasteiger partial charge in [0.05, 0.1) is 13.2 Å². The van der Waals surface area contributed by atoms with Crippen LogP contribution < -0.4 is 5.73 Å². The van der Waals surface area contributed by atoms with Crippen molar-refractivity contribution < 1.29 is 74.7 Å². The van der Waals surface area contributed by atoms with Gasteiger partial charge in [0.15, 0.2) is 24.6 Å². The summed E-state index contributed by atoms with van der Waals surface area (Å²) >= 11 is 0. The summed E-state index contributed by atoms with van der Waals surface area (Å²) in [6.07, 6.45) is -23.4. The first kappa shape index (κ1) is 27.9. The van der Waals surface area contributed by atoms with Gasteiger partial charge in [0, 0.05) is 0 Å². The van der Waals surface area contributed by atoms with Crippen LogP contribution in [0.2, 0.25) is 0 Å². The van der Waals surface area contributed by atoms with Crippen LogP contribution in [0.15, 0.2) is 0 Å². The molecule has 0 spiro atoms. The van der Waals surface area contributed by atoms with E-state index in [2.05, 4.69) is 0 Å². The first-order valence-electron chi connectivity index (χ1n) is 10.6. The van der Waals surface area contributed by atoms with Crippen LogP contribution in [0.3, 0.4) is 0 Å². The summed E-state index contributed by atoms with van der Waals surface area (Å²) in [6, 6.07) is 0. The molecule has 3 fully saturated rings. The lowest BCUT2D eigenvalue weighted by Gasteiger charge is -2.49. The molecule has 3 aliphatic rings. The highest BCUT2D eigenvalue weighted by molar-refractivity contribution is 4.98. The molecule has 0 aromatic heterocycles. The predicted octanol–water partition coefficient (Wildman–Crippen LogP) is -7.26. The van der Waals surface area contributed by atoms with E-state index in [9.17, 15) is 51.1 Å². The van der Waals surface area contributed by atoms with Gasteiger partial charge in [-0.15, -0.1) is 0 Å². The monoisotopic (exact) mass is 503 g/mol. The van der Waals surface area contributed by atoms with E-state index >= 15 is 0 Å². The molecule has 0 aliphatic carbocycles. The molecular formula is C18H33NO15. The molecule has 0 saturated carbocycles. The second-order valence-corrected chi connectivity index (χ2v) is 8.61. The van der Waals surface area contributed by atoms with Crippen LogP contribution in [0, 0.1) is 0 Å². The van der Waals surface area contributed by atoms with Crippen molar-refractivity contribution in [3.8, 4) is 0 Å². The number of hydrogen-bond donors (Lipinski definition) is 11. The fraction of sp³-hybridized carbons (Fsp3) is 1.00. The zero-order valence-electron chi connectivity index (χ0n) is 18.1. The lowest BCUT2D eigenvalue weighted by atomic mass is 9.93. The Kier molecular flexibility index (Phi) is 8.85. The van der Waals surface area contributed by atoms with Gasteiger partial charge in [-0.2, -0.15) is 0 Å². The minimum atomic E-state index is -2.31. The number of ether oxygens (including phenoxy) is 5. The summed E-state index contributed by atoms with van der Waals surface area (Å²) < 4.78 is 26.6. The third-order valence-electron chi connectivity index (χ3n) is 6.31. The van der Waals surface area contributed by atoms with Crippen molar-refractivity contribution in [1.82, 2.24) is 0 Å². The zero-order chi connectivity index (χ0) is 25.5. The predicted molar refractivity (Wildman–Crippen MR) is 103 cm³/mol. The molecule has 16 heteroatoms. The van der Waals surface area contributed by atoms with E-state index in [0.29, 0.717) is 0 Å². The van der Waals surface area contributed by atoms with E-state index in [0.717, 1.165) is 0 Å². The molecule has 200 valence electrons. The maximum absolute atomic E-state index is 10.6. The summed E-state index contributed by atoms with van der Waals surface area (Å²) in [5, 5.41) is 100. The zero-order valence-corrected chi connectivity index (χ0v) is 18.1. The Morgan fingerprint density at radius 1 is 0.706 bits per heavy atom. The van der Waals surface area contributed by atoms with Crippen molar-refractivity contribution >= 4 is 0 Å². The molecule has 3 rings (SSSR count). The van der Waals surface area contributed by atoms with E-state index < -0.39 is 105 Å². The van der Waals surface area contributed by atoms with Crippen LogP contribution in [0.5, 0.6) is 0 Å². The van der Waals surface area contributed by atoms with Gasteiger partial charge in [-0.25, -0.2) is 0 Å². The van der Waals surface area contributed by atoms with Crippen LogP contribution >= 0.6 is 0 Å². The number of hydrogen-bond acceptors (Lipinski definition) is 16. The van der Waals surface area contributed by atoms with Crippen molar-refractivity contribution in [2.75, 3.05) is 13.2 Å². The van der Waals surface area contributed by atoms with Crippen molar-refractivity contribution in [3.05, 3.63) is 0 Å². The molecule has 0 aromatic rings. The fourth-order valence-corrected chi connectivity index (χ4v) is 4.04. The van der Waals surface area contributed by atoms with Crippen LogP contribution in [0.25, 0.3) is 0 Å². The summed E-state index contributed by atoms with van der Waals surface area (Å²) in [4.78, 5) is 0. The van der Waals surface area contributed by atoms with Crippen molar-refractivity contribution in [1.29, 1.82) is 0 Å². The summed E-state index contributed by atoms with van der Waals surface area (Å²) in [5.74, 6) is 0. The van der Waals surface area contributed by atoms with Gasteiger partial charge in [0.25, 0.3) is 0 Å². The highest BCUT2D eigenvalue weighted by Crippen LogP contribution is 2.33. The van der Waals surface area contributed by atoms with Crippen LogP contribution in [0.4, 0.5) is 0 Å². The molecule has 3 saturated heterocycles. The van der Waals surface area contributed by atoms with Crippen LogP contribution in [-0.2, 0) is 23.7 Å². The first-order valence-corrected chi connectivity index (χ1v) is 10.6. The Hall–Kier alpha value is -0.640. The van der Waals surface area contributed by atoms with Gasteiger partial charge in [0.2, 0.25) is 0 Å². The molecule has 34 heavy (non-hydrogen) atoms. The van der Waals surface area contributed by atoms with E-state index in [1.807, 2.05) is 0 Å². The summed E-state index contributed by atoms with van der Waals surface area (Å²) in [7, 11) is 0. The average molecular weight is 503 g/mol. The molecule has 3 aliphatic heterocycles. The number of rotatable bonds is 6. The third kappa shape index (κ3) is 5.09. The van der Waals surface area contributed by atoms with Crippen molar-refractivity contribution in [2.24, 2.45) is 5.73 Å². The third-order valence-corrected chi connectivity index (χ3v) is 6.31. The quantitative estimate of drug-likeness (QED) is 0.150. The number of aliphatic hydroxyl groups is 10. The van der Waals surface area contributed by atoms with Crippen molar-refractivity contribution in [2.45, 2.75) is 98.7 Å². The lowest BCUT2D eigenvalue weighted by molar-refractivity contribution is -0.382. The fourth-order valence-electron chi connectivity index (χ4n) is 4.04. The maximum atomic E-state index is 10.6. The van der Waals surface area contributed by atoms with Gasteiger partial charge < -0.3 is 74.7 Å². The minimum Gasteiger partial charge on any atom is -0.394 e. The number of aliphatic hydroxyl groups excluding tert-OH is 9. The Morgan fingerprint density at radius 2 is 1.18 bits per heavy atom. The number of nitrogens with two attached hydrogens (primary N) is 1. The van der Waals surface area contributed by atoms with Gasteiger partial charge >= 0.3 is 0 Å². The Morgan fingerprint density at radius 3 is 1.71 bits per heavy atom. The first-order chi connectivity index (χ1) is 15.8. The molecule has 0 amide bonds. The highest BCUT2D eigenvalue weighted by atomic mass is 16.8. The second kappa shape index (κ2) is 10.8. The molecule has 3 heterocycles. The maximum Gasteiger partial charge on any atom is 0.187 e. The van der Waals surface area contributed by atoms with Gasteiger partial charge in [-0.1, -0.05) is 0 Å². The largest absolute Gasteiger partial charge is 0.394 e. The minimum absolute atomic E-state index is 0.753. The highest BCUT2D eigenvalue weighted by Gasteiger charge is 2.55. The van der Waals surface area contributed by atoms with E-state index in [-0.39, 0.29) is 0 Å². The molecule has 0 aromatic carbocycles. The second-order valence-electron chi connectivity index (χ2n) is 8.61. The molecule has 15 atom stereocenters. The molecule has 0 unspecified atom stereocenters. The normalized spacial score (nSPS) is 54.7. The molecule has 12 N–H and O–H groups in total. The molecular weight excluding hydrogens is 470 g/mol. The smallest absolute Gasteiger partial charge is 0.187 e. The Bertz CT molecular complexity index is 667. The summed E-state index contributed by atoms with van der Waals surface area (Å²) in [5.41, 5.74) is 3.22. The standard InChI is InChI=1S/C18H33NO15/c1-4-18(19,29)14(27)11(26)17(30-4)34-13-6(3-21)32-16(10(25)8(13)23)33-12-5(2-20)31-15(28)9(24)7(12)22/h4-17,20-29H,2-3,19H2,1H3/t4-,5-,6-,7-,8-,9-,10-,11-,12-,13-,14-,15+,16-,17-,18-/m1/s1. The molecule has 16 nitrogen and oxygen atoms in total. The van der Waals surface area contributed by atoms with E-state index in [1.54, 1.807) is 0 Å². The average Bonchev–Trinajstić information content (AvgIpc) is 2.80. The Balaban J connectivity index is 1.72. The van der Waals surface area contributed by atoms with Crippen molar-refractivity contribution in [3.63, 3.8) is 0 Å². The van der Waals surface area contributed by atoms with Gasteiger partial charge in [-0.3, -0.25) is 5.73 Å². The SMILES string of the molecule is C[C@H]1O[C@H](O[C@H]2[C@H](O)[C@@H](O)[C@@H](O[C@H]3[C@H](O)[C@@H](O)[C@@H](O)O[C@@H]3CO)O[C@@H]2CO)[C@H](O)[C@@H](O)[C@]1(N)O.